The van der Waals surface area contributed by atoms with Crippen molar-refractivity contribution in [1.29, 1.82) is 0 Å². The van der Waals surface area contributed by atoms with Gasteiger partial charge in [0.1, 0.15) is 0 Å². The van der Waals surface area contributed by atoms with Crippen LogP contribution in [0.3, 0.4) is 0 Å². The van der Waals surface area contributed by atoms with Gasteiger partial charge in [0.2, 0.25) is 0 Å². The van der Waals surface area contributed by atoms with Crippen LogP contribution in [0.1, 0.15) is 26.7 Å². The molecule has 2 heteroatoms. The molecule has 0 amide bonds. The molecule has 1 atom stereocenters. The summed E-state index contributed by atoms with van der Waals surface area (Å²) in [5.41, 5.74) is 0.314. The van der Waals surface area contributed by atoms with Crippen molar-refractivity contribution >= 4 is 5.97 Å². The fraction of sp³-hybridized carbons (Fsp3) is 0.625. The van der Waals surface area contributed by atoms with Crippen LogP contribution in [0.4, 0.5) is 0 Å². The number of carboxylic acid groups (broad SMARTS) is 1. The lowest BCUT2D eigenvalue weighted by atomic mass is 10.0. The molecule has 0 aliphatic carbocycles. The Labute approximate surface area is 61.6 Å². The third-order valence-electron chi connectivity index (χ3n) is 1.59. The van der Waals surface area contributed by atoms with E-state index in [2.05, 4.69) is 6.58 Å². The van der Waals surface area contributed by atoms with Gasteiger partial charge in [-0.2, -0.15) is 0 Å². The summed E-state index contributed by atoms with van der Waals surface area (Å²) in [6.45, 7) is 7.51. The van der Waals surface area contributed by atoms with E-state index in [0.717, 1.165) is 6.42 Å². The lowest BCUT2D eigenvalue weighted by Gasteiger charge is -2.06. The highest BCUT2D eigenvalue weighted by molar-refractivity contribution is 5.85. The number of rotatable bonds is 4. The molecule has 0 radical (unpaired) electrons. The summed E-state index contributed by atoms with van der Waals surface area (Å²) in [6.07, 6.45) is 1.61. The minimum Gasteiger partial charge on any atom is -0.478 e. The maximum atomic E-state index is 10.3. The fourth-order valence-corrected chi connectivity index (χ4v) is 0.652. The predicted molar refractivity (Wildman–Crippen MR) is 40.8 cm³/mol. The zero-order valence-corrected chi connectivity index (χ0v) is 6.55. The topological polar surface area (TPSA) is 37.3 Å². The molecule has 0 unspecified atom stereocenters. The first kappa shape index (κ1) is 9.21. The Hall–Kier alpha value is -0.790. The lowest BCUT2D eigenvalue weighted by Crippen LogP contribution is -2.03. The molecule has 0 bridgehead atoms. The highest BCUT2D eigenvalue weighted by Crippen LogP contribution is 2.12. The molecule has 0 aromatic carbocycles. The molecule has 0 saturated heterocycles. The maximum Gasteiger partial charge on any atom is 0.330 e. The quantitative estimate of drug-likeness (QED) is 0.610. The van der Waals surface area contributed by atoms with Gasteiger partial charge < -0.3 is 5.11 Å². The zero-order chi connectivity index (χ0) is 8.15. The average molecular weight is 142 g/mol. The van der Waals surface area contributed by atoms with Gasteiger partial charge >= 0.3 is 5.97 Å². The SMILES string of the molecule is C=C(C[C@H](C)CC)C(=O)O. The van der Waals surface area contributed by atoms with E-state index in [1.165, 1.54) is 0 Å². The second-order valence-corrected chi connectivity index (χ2v) is 2.63. The van der Waals surface area contributed by atoms with Crippen molar-refractivity contribution in [3.05, 3.63) is 12.2 Å². The van der Waals surface area contributed by atoms with Crippen LogP contribution in [-0.2, 0) is 4.79 Å². The molecule has 0 saturated carbocycles. The van der Waals surface area contributed by atoms with Gasteiger partial charge in [-0.1, -0.05) is 26.8 Å². The van der Waals surface area contributed by atoms with Crippen molar-refractivity contribution in [3.63, 3.8) is 0 Å². The Morgan fingerprint density at radius 2 is 2.20 bits per heavy atom. The van der Waals surface area contributed by atoms with Gasteiger partial charge in [-0.15, -0.1) is 0 Å². The zero-order valence-electron chi connectivity index (χ0n) is 6.55. The molecule has 10 heavy (non-hydrogen) atoms. The smallest absolute Gasteiger partial charge is 0.330 e. The highest BCUT2D eigenvalue weighted by Gasteiger charge is 2.07. The van der Waals surface area contributed by atoms with Crippen LogP contribution in [0.2, 0.25) is 0 Å². The third-order valence-corrected chi connectivity index (χ3v) is 1.59. The first-order valence-electron chi connectivity index (χ1n) is 3.49. The van der Waals surface area contributed by atoms with E-state index in [4.69, 9.17) is 5.11 Å². The van der Waals surface area contributed by atoms with Gasteiger partial charge in [0.25, 0.3) is 0 Å². The van der Waals surface area contributed by atoms with E-state index in [1.807, 2.05) is 13.8 Å². The second kappa shape index (κ2) is 4.09. The summed E-state index contributed by atoms with van der Waals surface area (Å²) in [5, 5.41) is 8.43. The van der Waals surface area contributed by atoms with Gasteiger partial charge in [0.05, 0.1) is 0 Å². The fourth-order valence-electron chi connectivity index (χ4n) is 0.652. The molecule has 0 fully saturated rings. The van der Waals surface area contributed by atoms with Gasteiger partial charge in [-0.05, 0) is 12.3 Å². The van der Waals surface area contributed by atoms with E-state index in [-0.39, 0.29) is 0 Å². The standard InChI is InChI=1S/C8H14O2/c1-4-6(2)5-7(3)8(9)10/h6H,3-5H2,1-2H3,(H,9,10)/t6-/m1/s1. The lowest BCUT2D eigenvalue weighted by molar-refractivity contribution is -0.132. The first-order chi connectivity index (χ1) is 4.57. The molecule has 0 aliphatic heterocycles. The Morgan fingerprint density at radius 1 is 1.70 bits per heavy atom. The van der Waals surface area contributed by atoms with Crippen molar-refractivity contribution in [2.24, 2.45) is 5.92 Å². The molecule has 0 aliphatic rings. The van der Waals surface area contributed by atoms with Gasteiger partial charge in [-0.25, -0.2) is 4.79 Å². The van der Waals surface area contributed by atoms with Crippen molar-refractivity contribution in [1.82, 2.24) is 0 Å². The van der Waals surface area contributed by atoms with Crippen LogP contribution in [0, 0.1) is 5.92 Å². The highest BCUT2D eigenvalue weighted by atomic mass is 16.4. The number of carboxylic acids is 1. The molecule has 0 spiro atoms. The van der Waals surface area contributed by atoms with E-state index in [9.17, 15) is 4.79 Å². The van der Waals surface area contributed by atoms with Crippen molar-refractivity contribution in [3.8, 4) is 0 Å². The number of carbonyl (C=O) groups is 1. The number of hydrogen-bond acceptors (Lipinski definition) is 1. The maximum absolute atomic E-state index is 10.3. The van der Waals surface area contributed by atoms with Crippen LogP contribution in [0.25, 0.3) is 0 Å². The second-order valence-electron chi connectivity index (χ2n) is 2.63. The largest absolute Gasteiger partial charge is 0.478 e. The molecular formula is C8H14O2. The Balaban J connectivity index is 3.68. The minimum absolute atomic E-state index is 0.314. The molecule has 2 nitrogen and oxygen atoms in total. The van der Waals surface area contributed by atoms with Gasteiger partial charge in [-0.3, -0.25) is 0 Å². The van der Waals surface area contributed by atoms with Crippen LogP contribution in [-0.4, -0.2) is 11.1 Å². The minimum atomic E-state index is -0.875. The van der Waals surface area contributed by atoms with E-state index in [0.29, 0.717) is 17.9 Å². The van der Waals surface area contributed by atoms with Gasteiger partial charge in [0, 0.05) is 5.57 Å². The average Bonchev–Trinajstić information content (AvgIpc) is 1.87. The summed E-state index contributed by atoms with van der Waals surface area (Å²) in [6, 6.07) is 0. The molecule has 0 rings (SSSR count). The molecular weight excluding hydrogens is 128 g/mol. The third kappa shape index (κ3) is 3.28. The first-order valence-corrected chi connectivity index (χ1v) is 3.49. The van der Waals surface area contributed by atoms with Crippen LogP contribution in [0.5, 0.6) is 0 Å². The monoisotopic (exact) mass is 142 g/mol. The van der Waals surface area contributed by atoms with Crippen LogP contribution in [0.15, 0.2) is 12.2 Å². The Kier molecular flexibility index (Phi) is 3.77. The molecule has 0 aromatic rings. The molecule has 1 N–H and O–H groups in total. The Morgan fingerprint density at radius 3 is 2.50 bits per heavy atom. The number of hydrogen-bond donors (Lipinski definition) is 1. The van der Waals surface area contributed by atoms with E-state index < -0.39 is 5.97 Å². The summed E-state index contributed by atoms with van der Waals surface area (Å²) < 4.78 is 0. The van der Waals surface area contributed by atoms with E-state index >= 15 is 0 Å². The van der Waals surface area contributed by atoms with Crippen LogP contribution < -0.4 is 0 Å². The van der Waals surface area contributed by atoms with E-state index in [1.54, 1.807) is 0 Å². The predicted octanol–water partition coefficient (Wildman–Crippen LogP) is 2.06. The molecule has 0 aromatic heterocycles. The molecule has 0 heterocycles. The summed E-state index contributed by atoms with van der Waals surface area (Å²) in [5.74, 6) is -0.441. The van der Waals surface area contributed by atoms with Crippen molar-refractivity contribution < 1.29 is 9.90 Å². The summed E-state index contributed by atoms with van der Waals surface area (Å²) in [7, 11) is 0. The summed E-state index contributed by atoms with van der Waals surface area (Å²) >= 11 is 0. The number of aliphatic carboxylic acids is 1. The van der Waals surface area contributed by atoms with Crippen LogP contribution >= 0.6 is 0 Å². The van der Waals surface area contributed by atoms with Gasteiger partial charge in [0.15, 0.2) is 0 Å². The molecule has 58 valence electrons. The van der Waals surface area contributed by atoms with Crippen molar-refractivity contribution in [2.45, 2.75) is 26.7 Å². The Bertz CT molecular complexity index is 138. The normalized spacial score (nSPS) is 12.6. The van der Waals surface area contributed by atoms with Crippen molar-refractivity contribution in [2.75, 3.05) is 0 Å². The summed E-state index contributed by atoms with van der Waals surface area (Å²) in [4.78, 5) is 10.3.